The summed E-state index contributed by atoms with van der Waals surface area (Å²) in [4.78, 5) is 18.6. The number of nitrogens with zero attached hydrogens (tertiary/aromatic N) is 3. The number of carbonyl (C=O) groups excluding carboxylic acids is 1. The van der Waals surface area contributed by atoms with Gasteiger partial charge in [0.2, 0.25) is 5.91 Å². The minimum atomic E-state index is -0.122. The zero-order valence-corrected chi connectivity index (χ0v) is 14.0. The SMILES string of the molecule is C[C@H](c1ncc2c(Br)cccn12)N1CC2CC(C1)C2C(N)=O. The van der Waals surface area contributed by atoms with Gasteiger partial charge in [-0.15, -0.1) is 0 Å². The van der Waals surface area contributed by atoms with E-state index in [1.54, 1.807) is 0 Å². The predicted octanol–water partition coefficient (Wildman–Crippen LogP) is 2.21. The molecular formula is C16H19BrN4O. The van der Waals surface area contributed by atoms with Crippen molar-refractivity contribution in [1.29, 1.82) is 0 Å². The fourth-order valence-corrected chi connectivity index (χ4v) is 4.63. The third-order valence-corrected chi connectivity index (χ3v) is 6.03. The summed E-state index contributed by atoms with van der Waals surface area (Å²) in [6.45, 7) is 4.07. The topological polar surface area (TPSA) is 63.6 Å². The summed E-state index contributed by atoms with van der Waals surface area (Å²) in [5, 5.41) is 0. The Hall–Kier alpha value is -1.40. The molecule has 2 aromatic rings. The van der Waals surface area contributed by atoms with Gasteiger partial charge < -0.3 is 10.1 Å². The highest BCUT2D eigenvalue weighted by molar-refractivity contribution is 9.10. The molecule has 5 nitrogen and oxygen atoms in total. The second-order valence-corrected chi connectivity index (χ2v) is 7.40. The van der Waals surface area contributed by atoms with Crippen molar-refractivity contribution in [2.75, 3.05) is 13.1 Å². The van der Waals surface area contributed by atoms with E-state index < -0.39 is 0 Å². The van der Waals surface area contributed by atoms with Crippen LogP contribution in [-0.4, -0.2) is 33.3 Å². The quantitative estimate of drug-likeness (QED) is 0.910. The smallest absolute Gasteiger partial charge is 0.221 e. The first kappa shape index (κ1) is 14.2. The maximum absolute atomic E-state index is 11.5. The average molecular weight is 363 g/mol. The van der Waals surface area contributed by atoms with E-state index in [1.165, 1.54) is 0 Å². The van der Waals surface area contributed by atoms with Crippen molar-refractivity contribution in [2.24, 2.45) is 23.5 Å². The molecule has 22 heavy (non-hydrogen) atoms. The number of hydrogen-bond donors (Lipinski definition) is 1. The molecule has 2 N–H and O–H groups in total. The molecule has 1 amide bonds. The molecule has 0 radical (unpaired) electrons. The molecule has 2 bridgehead atoms. The van der Waals surface area contributed by atoms with E-state index in [9.17, 15) is 4.79 Å². The molecule has 116 valence electrons. The Morgan fingerprint density at radius 1 is 1.45 bits per heavy atom. The number of piperidine rings is 2. The fourth-order valence-electron chi connectivity index (χ4n) is 4.19. The zero-order chi connectivity index (χ0) is 15.4. The van der Waals surface area contributed by atoms with Crippen molar-refractivity contribution in [3.63, 3.8) is 0 Å². The molecule has 2 aromatic heterocycles. The molecular weight excluding hydrogens is 344 g/mol. The molecule has 1 saturated carbocycles. The van der Waals surface area contributed by atoms with E-state index in [1.807, 2.05) is 18.3 Å². The summed E-state index contributed by atoms with van der Waals surface area (Å²) >= 11 is 3.57. The third kappa shape index (κ3) is 2.01. The maximum atomic E-state index is 11.5. The van der Waals surface area contributed by atoms with Crippen LogP contribution in [-0.2, 0) is 4.79 Å². The Balaban J connectivity index is 1.59. The first-order valence-corrected chi connectivity index (χ1v) is 8.50. The van der Waals surface area contributed by atoms with Crippen LogP contribution in [0.5, 0.6) is 0 Å². The normalized spacial score (nSPS) is 29.3. The molecule has 6 heteroatoms. The van der Waals surface area contributed by atoms with Crippen LogP contribution in [0.15, 0.2) is 29.0 Å². The number of aromatic nitrogens is 2. The summed E-state index contributed by atoms with van der Waals surface area (Å²) in [5.41, 5.74) is 6.60. The fraction of sp³-hybridized carbons (Fsp3) is 0.500. The van der Waals surface area contributed by atoms with Gasteiger partial charge in [0.1, 0.15) is 5.82 Å². The Kier molecular flexibility index (Phi) is 3.27. The monoisotopic (exact) mass is 362 g/mol. The van der Waals surface area contributed by atoms with Gasteiger partial charge >= 0.3 is 0 Å². The number of halogens is 1. The lowest BCUT2D eigenvalue weighted by Gasteiger charge is -2.53. The highest BCUT2D eigenvalue weighted by Crippen LogP contribution is 2.47. The third-order valence-electron chi connectivity index (χ3n) is 5.36. The van der Waals surface area contributed by atoms with Gasteiger partial charge in [-0.25, -0.2) is 4.98 Å². The highest BCUT2D eigenvalue weighted by Gasteiger charge is 2.50. The molecule has 0 spiro atoms. The zero-order valence-electron chi connectivity index (χ0n) is 12.4. The number of hydrogen-bond acceptors (Lipinski definition) is 3. The van der Waals surface area contributed by atoms with Gasteiger partial charge in [-0.3, -0.25) is 9.69 Å². The van der Waals surface area contributed by atoms with Crippen molar-refractivity contribution in [2.45, 2.75) is 19.4 Å². The van der Waals surface area contributed by atoms with Crippen molar-refractivity contribution in [1.82, 2.24) is 14.3 Å². The summed E-state index contributed by atoms with van der Waals surface area (Å²) < 4.78 is 3.19. The van der Waals surface area contributed by atoms with E-state index in [-0.39, 0.29) is 17.9 Å². The van der Waals surface area contributed by atoms with E-state index >= 15 is 0 Å². The Morgan fingerprint density at radius 3 is 2.86 bits per heavy atom. The Labute approximate surface area is 137 Å². The molecule has 5 rings (SSSR count). The van der Waals surface area contributed by atoms with Crippen LogP contribution < -0.4 is 5.73 Å². The van der Waals surface area contributed by atoms with Gasteiger partial charge in [-0.1, -0.05) is 0 Å². The van der Waals surface area contributed by atoms with Gasteiger partial charge in [0, 0.05) is 29.7 Å². The summed E-state index contributed by atoms with van der Waals surface area (Å²) in [6, 6.07) is 4.28. The minimum absolute atomic E-state index is 0.0922. The second kappa shape index (κ2) is 5.06. The van der Waals surface area contributed by atoms with Crippen molar-refractivity contribution < 1.29 is 4.79 Å². The molecule has 3 fully saturated rings. The Bertz CT molecular complexity index is 731. The van der Waals surface area contributed by atoms with Crippen LogP contribution in [0.1, 0.15) is 25.2 Å². The molecule has 2 unspecified atom stereocenters. The summed E-state index contributed by atoms with van der Waals surface area (Å²) in [5.74, 6) is 1.87. The first-order valence-electron chi connectivity index (χ1n) is 7.71. The molecule has 2 aliphatic heterocycles. The predicted molar refractivity (Wildman–Crippen MR) is 87.2 cm³/mol. The lowest BCUT2D eigenvalue weighted by molar-refractivity contribution is -0.139. The molecule has 3 aliphatic rings. The minimum Gasteiger partial charge on any atom is -0.369 e. The van der Waals surface area contributed by atoms with Crippen molar-refractivity contribution >= 4 is 27.4 Å². The van der Waals surface area contributed by atoms with Crippen LogP contribution in [0.25, 0.3) is 5.52 Å². The van der Waals surface area contributed by atoms with E-state index in [2.05, 4.69) is 43.3 Å². The number of rotatable bonds is 3. The Morgan fingerprint density at radius 2 is 2.18 bits per heavy atom. The highest BCUT2D eigenvalue weighted by atomic mass is 79.9. The van der Waals surface area contributed by atoms with Gasteiger partial charge in [-0.05, 0) is 53.2 Å². The average Bonchev–Trinajstić information content (AvgIpc) is 2.91. The molecule has 1 aliphatic carbocycles. The number of imidazole rings is 1. The molecule has 2 saturated heterocycles. The van der Waals surface area contributed by atoms with Crippen LogP contribution in [0.2, 0.25) is 0 Å². The van der Waals surface area contributed by atoms with Crippen molar-refractivity contribution in [3.05, 3.63) is 34.8 Å². The van der Waals surface area contributed by atoms with Gasteiger partial charge in [0.05, 0.1) is 17.8 Å². The van der Waals surface area contributed by atoms with E-state index in [4.69, 9.17) is 5.73 Å². The summed E-state index contributed by atoms with van der Waals surface area (Å²) in [7, 11) is 0. The van der Waals surface area contributed by atoms with Gasteiger partial charge in [0.15, 0.2) is 0 Å². The van der Waals surface area contributed by atoms with Gasteiger partial charge in [-0.2, -0.15) is 0 Å². The summed E-state index contributed by atoms with van der Waals surface area (Å²) in [6.07, 6.45) is 5.10. The molecule has 0 aromatic carbocycles. The largest absolute Gasteiger partial charge is 0.369 e. The van der Waals surface area contributed by atoms with E-state index in [0.717, 1.165) is 35.3 Å². The van der Waals surface area contributed by atoms with Crippen LogP contribution in [0.4, 0.5) is 0 Å². The molecule has 3 atom stereocenters. The number of pyridine rings is 1. The number of primary amides is 1. The maximum Gasteiger partial charge on any atom is 0.221 e. The number of amides is 1. The van der Waals surface area contributed by atoms with Crippen LogP contribution in [0.3, 0.4) is 0 Å². The second-order valence-electron chi connectivity index (χ2n) is 6.54. The van der Waals surface area contributed by atoms with E-state index in [0.29, 0.717) is 11.8 Å². The molecule has 4 heterocycles. The lowest BCUT2D eigenvalue weighted by Crippen LogP contribution is -2.59. The van der Waals surface area contributed by atoms with Crippen LogP contribution in [0, 0.1) is 17.8 Å². The standard InChI is InChI=1S/C16H19BrN4O/c1-9(16-19-6-13-12(17)3-2-4-21(13)16)20-7-10-5-11(8-20)14(10)15(18)22/h2-4,6,9-11,14H,5,7-8H2,1H3,(H2,18,22)/t9-,10?,11?,14?/m1/s1. The first-order chi connectivity index (χ1) is 10.6. The lowest BCUT2D eigenvalue weighted by atomic mass is 9.61. The van der Waals surface area contributed by atoms with Gasteiger partial charge in [0.25, 0.3) is 0 Å². The number of nitrogens with two attached hydrogens (primary N) is 1. The van der Waals surface area contributed by atoms with Crippen LogP contribution >= 0.6 is 15.9 Å². The number of carbonyl (C=O) groups is 1. The number of fused-ring (bicyclic) bond motifs is 3. The van der Waals surface area contributed by atoms with Crippen molar-refractivity contribution in [3.8, 4) is 0 Å².